The van der Waals surface area contributed by atoms with E-state index in [4.69, 9.17) is 0 Å². The van der Waals surface area contributed by atoms with Crippen LogP contribution in [0.3, 0.4) is 0 Å². The average Bonchev–Trinajstić information content (AvgIpc) is 2.77. The van der Waals surface area contributed by atoms with Crippen LogP contribution in [0.2, 0.25) is 0 Å². The number of anilines is 2. The van der Waals surface area contributed by atoms with Crippen LogP contribution in [0.15, 0.2) is 6.33 Å². The van der Waals surface area contributed by atoms with Gasteiger partial charge in [0.2, 0.25) is 5.95 Å². The normalized spacial score (nSPS) is 12.6. The molecule has 8 heteroatoms. The summed E-state index contributed by atoms with van der Waals surface area (Å²) in [5.74, 6) is 1.80. The number of fused-ring (bicyclic) bond motifs is 1. The van der Waals surface area contributed by atoms with Crippen LogP contribution in [0.5, 0.6) is 0 Å². The zero-order chi connectivity index (χ0) is 13.0. The van der Waals surface area contributed by atoms with E-state index in [1.165, 1.54) is 0 Å². The van der Waals surface area contributed by atoms with Gasteiger partial charge in [-0.3, -0.25) is 4.21 Å². The van der Waals surface area contributed by atoms with Crippen LogP contribution in [0, 0.1) is 0 Å². The van der Waals surface area contributed by atoms with Gasteiger partial charge in [-0.05, 0) is 6.92 Å². The molecule has 0 radical (unpaired) electrons. The molecule has 0 spiro atoms. The van der Waals surface area contributed by atoms with Gasteiger partial charge in [-0.1, -0.05) is 0 Å². The number of rotatable bonds is 6. The Hall–Kier alpha value is -1.70. The van der Waals surface area contributed by atoms with E-state index in [2.05, 4.69) is 30.6 Å². The molecule has 0 saturated carbocycles. The molecule has 2 heterocycles. The lowest BCUT2D eigenvalue weighted by molar-refractivity contribution is 0.687. The Kier molecular flexibility index (Phi) is 4.08. The van der Waals surface area contributed by atoms with Gasteiger partial charge in [0, 0.05) is 35.9 Å². The lowest BCUT2D eigenvalue weighted by Gasteiger charge is -2.07. The summed E-state index contributed by atoms with van der Waals surface area (Å²) in [5, 5.41) is 6.20. The fourth-order valence-corrected chi connectivity index (χ4v) is 1.90. The summed E-state index contributed by atoms with van der Waals surface area (Å²) in [4.78, 5) is 15.7. The van der Waals surface area contributed by atoms with Crippen molar-refractivity contribution in [2.24, 2.45) is 0 Å². The molecular formula is C10H16N6OS. The molecule has 3 N–H and O–H groups in total. The van der Waals surface area contributed by atoms with Crippen LogP contribution >= 0.6 is 0 Å². The highest BCUT2D eigenvalue weighted by molar-refractivity contribution is 7.84. The van der Waals surface area contributed by atoms with Gasteiger partial charge in [0.15, 0.2) is 11.5 Å². The molecular weight excluding hydrogens is 252 g/mol. The smallest absolute Gasteiger partial charge is 0.226 e. The third-order valence-electron chi connectivity index (χ3n) is 2.30. The van der Waals surface area contributed by atoms with Crippen molar-refractivity contribution < 1.29 is 4.21 Å². The second-order valence-electron chi connectivity index (χ2n) is 3.73. The molecule has 18 heavy (non-hydrogen) atoms. The summed E-state index contributed by atoms with van der Waals surface area (Å²) in [6.45, 7) is 3.32. The molecule has 0 fully saturated rings. The molecule has 0 bridgehead atoms. The zero-order valence-electron chi connectivity index (χ0n) is 10.4. The van der Waals surface area contributed by atoms with Crippen LogP contribution in [-0.4, -0.2) is 49.2 Å². The van der Waals surface area contributed by atoms with Crippen molar-refractivity contribution in [3.8, 4) is 0 Å². The topological polar surface area (TPSA) is 95.6 Å². The van der Waals surface area contributed by atoms with Gasteiger partial charge < -0.3 is 15.6 Å². The maximum absolute atomic E-state index is 11.0. The SMILES string of the molecule is CCNc1nc(NCCS(C)=O)c2[nH]cnc2n1. The number of H-pyrrole nitrogens is 1. The van der Waals surface area contributed by atoms with Gasteiger partial charge in [0.25, 0.3) is 0 Å². The van der Waals surface area contributed by atoms with E-state index in [1.807, 2.05) is 6.92 Å². The molecule has 2 aromatic rings. The van der Waals surface area contributed by atoms with Gasteiger partial charge in [-0.15, -0.1) is 0 Å². The van der Waals surface area contributed by atoms with E-state index in [9.17, 15) is 4.21 Å². The lowest BCUT2D eigenvalue weighted by atomic mass is 10.5. The summed E-state index contributed by atoms with van der Waals surface area (Å²) in [7, 11) is -0.819. The molecule has 1 unspecified atom stereocenters. The molecule has 0 aliphatic carbocycles. The van der Waals surface area contributed by atoms with Gasteiger partial charge in [-0.25, -0.2) is 4.98 Å². The number of aromatic nitrogens is 4. The van der Waals surface area contributed by atoms with E-state index in [-0.39, 0.29) is 0 Å². The zero-order valence-corrected chi connectivity index (χ0v) is 11.2. The van der Waals surface area contributed by atoms with E-state index in [1.54, 1.807) is 12.6 Å². The molecule has 0 aliphatic rings. The van der Waals surface area contributed by atoms with E-state index < -0.39 is 10.8 Å². The van der Waals surface area contributed by atoms with Crippen LogP contribution in [0.4, 0.5) is 11.8 Å². The quantitative estimate of drug-likeness (QED) is 0.709. The number of imidazole rings is 1. The number of nitrogens with zero attached hydrogens (tertiary/aromatic N) is 3. The second kappa shape index (κ2) is 5.76. The minimum absolute atomic E-state index is 0.539. The van der Waals surface area contributed by atoms with Crippen molar-refractivity contribution in [2.75, 3.05) is 35.7 Å². The standard InChI is InChI=1S/C10H16N6OS/c1-3-11-10-15-8(12-4-5-18(2)17)7-9(16-10)14-6-13-7/h6H,3-5H2,1-2H3,(H3,11,12,13,14,15,16). The molecule has 1 atom stereocenters. The third-order valence-corrected chi connectivity index (χ3v) is 3.08. The van der Waals surface area contributed by atoms with Crippen LogP contribution in [0.25, 0.3) is 11.2 Å². The minimum Gasteiger partial charge on any atom is -0.367 e. The monoisotopic (exact) mass is 268 g/mol. The van der Waals surface area contributed by atoms with Crippen LogP contribution in [0.1, 0.15) is 6.92 Å². The van der Waals surface area contributed by atoms with Crippen molar-refractivity contribution in [1.82, 2.24) is 19.9 Å². The molecule has 2 aromatic heterocycles. The van der Waals surface area contributed by atoms with Crippen LogP contribution < -0.4 is 10.6 Å². The average molecular weight is 268 g/mol. The van der Waals surface area contributed by atoms with Crippen molar-refractivity contribution >= 4 is 33.7 Å². The van der Waals surface area contributed by atoms with Crippen molar-refractivity contribution in [1.29, 1.82) is 0 Å². The number of aromatic amines is 1. The van der Waals surface area contributed by atoms with E-state index >= 15 is 0 Å². The summed E-state index contributed by atoms with van der Waals surface area (Å²) in [5.41, 5.74) is 1.37. The highest BCUT2D eigenvalue weighted by Gasteiger charge is 2.09. The van der Waals surface area contributed by atoms with Crippen molar-refractivity contribution in [3.63, 3.8) is 0 Å². The first-order valence-electron chi connectivity index (χ1n) is 5.69. The Labute approximate surface area is 107 Å². The molecule has 2 rings (SSSR count). The summed E-state index contributed by atoms with van der Waals surface area (Å²) < 4.78 is 11.0. The van der Waals surface area contributed by atoms with E-state index in [0.29, 0.717) is 29.7 Å². The molecule has 0 aliphatic heterocycles. The minimum atomic E-state index is -0.819. The van der Waals surface area contributed by atoms with Gasteiger partial charge in [0.1, 0.15) is 5.52 Å². The molecule has 98 valence electrons. The molecule has 0 amide bonds. The molecule has 0 saturated heterocycles. The highest BCUT2D eigenvalue weighted by atomic mass is 32.2. The van der Waals surface area contributed by atoms with Gasteiger partial charge in [0.05, 0.1) is 6.33 Å². The highest BCUT2D eigenvalue weighted by Crippen LogP contribution is 2.18. The van der Waals surface area contributed by atoms with Crippen molar-refractivity contribution in [2.45, 2.75) is 6.92 Å². The number of nitrogens with one attached hydrogen (secondary N) is 3. The fraction of sp³-hybridized carbons (Fsp3) is 0.500. The molecule has 0 aromatic carbocycles. The summed E-state index contributed by atoms with van der Waals surface area (Å²) in [6, 6.07) is 0. The predicted octanol–water partition coefficient (Wildman–Crippen LogP) is 0.575. The number of hydrogen-bond donors (Lipinski definition) is 3. The Morgan fingerprint density at radius 1 is 1.39 bits per heavy atom. The third kappa shape index (κ3) is 2.95. The first kappa shape index (κ1) is 12.7. The lowest BCUT2D eigenvalue weighted by Crippen LogP contribution is -2.12. The van der Waals surface area contributed by atoms with Gasteiger partial charge >= 0.3 is 0 Å². The maximum Gasteiger partial charge on any atom is 0.226 e. The van der Waals surface area contributed by atoms with Crippen molar-refractivity contribution in [3.05, 3.63) is 6.33 Å². The Morgan fingerprint density at radius 3 is 2.94 bits per heavy atom. The predicted molar refractivity (Wildman–Crippen MR) is 73.3 cm³/mol. The summed E-state index contributed by atoms with van der Waals surface area (Å²) in [6.07, 6.45) is 3.26. The largest absolute Gasteiger partial charge is 0.367 e. The maximum atomic E-state index is 11.0. The van der Waals surface area contributed by atoms with E-state index in [0.717, 1.165) is 12.1 Å². The summed E-state index contributed by atoms with van der Waals surface area (Å²) >= 11 is 0. The number of hydrogen-bond acceptors (Lipinski definition) is 6. The molecule has 7 nitrogen and oxygen atoms in total. The first-order chi connectivity index (χ1) is 8.70. The first-order valence-corrected chi connectivity index (χ1v) is 7.42. The Bertz CT molecular complexity index is 554. The van der Waals surface area contributed by atoms with Gasteiger partial charge in [-0.2, -0.15) is 9.97 Å². The fourth-order valence-electron chi connectivity index (χ4n) is 1.51. The second-order valence-corrected chi connectivity index (χ2v) is 5.29. The van der Waals surface area contributed by atoms with Crippen LogP contribution in [-0.2, 0) is 10.8 Å². The Morgan fingerprint density at radius 2 is 2.22 bits per heavy atom. The Balaban J connectivity index is 2.22.